The van der Waals surface area contributed by atoms with Gasteiger partial charge in [-0.1, -0.05) is 27.7 Å². The lowest BCUT2D eigenvalue weighted by Gasteiger charge is -2.29. The normalized spacial score (nSPS) is 17.7. The molecule has 0 spiro atoms. The van der Waals surface area contributed by atoms with Gasteiger partial charge < -0.3 is 15.3 Å². The van der Waals surface area contributed by atoms with Gasteiger partial charge in [-0.3, -0.25) is 0 Å². The number of fused-ring (bicyclic) bond motifs is 1. The third-order valence-corrected chi connectivity index (χ3v) is 4.15. The quantitative estimate of drug-likeness (QED) is 0.896. The molecule has 21 heavy (non-hydrogen) atoms. The zero-order valence-electron chi connectivity index (χ0n) is 13.0. The van der Waals surface area contributed by atoms with E-state index in [0.29, 0.717) is 6.54 Å². The summed E-state index contributed by atoms with van der Waals surface area (Å²) in [6.07, 6.45) is -1.01. The van der Waals surface area contributed by atoms with Gasteiger partial charge in [0.25, 0.3) is 0 Å². The smallest absolute Gasteiger partial charge is 0.404 e. The summed E-state index contributed by atoms with van der Waals surface area (Å²) < 4.78 is 13.5. The number of benzene rings is 1. The number of amides is 1. The van der Waals surface area contributed by atoms with Crippen molar-refractivity contribution in [3.63, 3.8) is 0 Å². The third kappa shape index (κ3) is 3.28. The Morgan fingerprint density at radius 1 is 1.48 bits per heavy atom. The van der Waals surface area contributed by atoms with E-state index in [-0.39, 0.29) is 23.2 Å². The molecule has 2 rings (SSSR count). The summed E-state index contributed by atoms with van der Waals surface area (Å²) >= 11 is 0. The molecular weight excluding hydrogens is 271 g/mol. The molecule has 4 nitrogen and oxygen atoms in total. The SMILES string of the molecule is CC(C)C(CN1CC(C)(C)c2cc(F)ccc21)NC(=O)O. The first kappa shape index (κ1) is 15.6. The summed E-state index contributed by atoms with van der Waals surface area (Å²) in [6, 6.07) is 4.68. The van der Waals surface area contributed by atoms with Crippen molar-refractivity contribution in [2.45, 2.75) is 39.2 Å². The molecule has 1 heterocycles. The van der Waals surface area contributed by atoms with Crippen LogP contribution in [0.5, 0.6) is 0 Å². The van der Waals surface area contributed by atoms with Crippen molar-refractivity contribution in [2.24, 2.45) is 5.92 Å². The number of hydrogen-bond acceptors (Lipinski definition) is 2. The van der Waals surface area contributed by atoms with Gasteiger partial charge in [0.15, 0.2) is 0 Å². The molecule has 1 atom stereocenters. The lowest BCUT2D eigenvalue weighted by molar-refractivity contribution is 0.186. The van der Waals surface area contributed by atoms with Crippen molar-refractivity contribution in [3.05, 3.63) is 29.6 Å². The van der Waals surface area contributed by atoms with Crippen LogP contribution in [0.2, 0.25) is 0 Å². The summed E-state index contributed by atoms with van der Waals surface area (Å²) in [5, 5.41) is 11.5. The van der Waals surface area contributed by atoms with E-state index in [1.165, 1.54) is 6.07 Å². The number of carbonyl (C=O) groups is 1. The lowest BCUT2D eigenvalue weighted by atomic mass is 9.87. The van der Waals surface area contributed by atoms with Crippen molar-refractivity contribution in [1.29, 1.82) is 0 Å². The molecule has 0 saturated carbocycles. The first-order valence-electron chi connectivity index (χ1n) is 7.25. The zero-order valence-corrected chi connectivity index (χ0v) is 13.0. The van der Waals surface area contributed by atoms with Gasteiger partial charge in [-0.05, 0) is 29.7 Å². The van der Waals surface area contributed by atoms with Gasteiger partial charge in [-0.15, -0.1) is 0 Å². The molecule has 1 aromatic rings. The van der Waals surface area contributed by atoms with Gasteiger partial charge in [0, 0.05) is 24.2 Å². The van der Waals surface area contributed by atoms with E-state index in [0.717, 1.165) is 17.8 Å². The van der Waals surface area contributed by atoms with Crippen LogP contribution in [-0.4, -0.2) is 30.3 Å². The van der Waals surface area contributed by atoms with Crippen LogP contribution >= 0.6 is 0 Å². The van der Waals surface area contributed by atoms with E-state index >= 15 is 0 Å². The number of anilines is 1. The molecule has 1 amide bonds. The van der Waals surface area contributed by atoms with Crippen molar-refractivity contribution < 1.29 is 14.3 Å². The van der Waals surface area contributed by atoms with E-state index in [4.69, 9.17) is 5.11 Å². The minimum atomic E-state index is -1.01. The standard InChI is InChI=1S/C16H23FN2O2/c1-10(2)13(18-15(20)21)8-19-9-16(3,4)12-7-11(17)5-6-14(12)19/h5-7,10,13,18H,8-9H2,1-4H3,(H,20,21). The predicted molar refractivity (Wildman–Crippen MR) is 81.4 cm³/mol. The van der Waals surface area contributed by atoms with Crippen molar-refractivity contribution >= 4 is 11.8 Å². The molecule has 0 aromatic heterocycles. The summed E-state index contributed by atoms with van der Waals surface area (Å²) in [6.45, 7) is 9.50. The number of halogens is 1. The van der Waals surface area contributed by atoms with Crippen molar-refractivity contribution in [1.82, 2.24) is 5.32 Å². The predicted octanol–water partition coefficient (Wildman–Crippen LogP) is 3.22. The molecule has 0 aliphatic carbocycles. The molecule has 0 saturated heterocycles. The summed E-state index contributed by atoms with van der Waals surface area (Å²) in [5.41, 5.74) is 1.85. The second-order valence-corrected chi connectivity index (χ2v) is 6.73. The number of rotatable bonds is 4. The minimum absolute atomic E-state index is 0.137. The van der Waals surface area contributed by atoms with E-state index in [2.05, 4.69) is 24.1 Å². The van der Waals surface area contributed by atoms with Crippen LogP contribution in [0.4, 0.5) is 14.9 Å². The zero-order chi connectivity index (χ0) is 15.8. The van der Waals surface area contributed by atoms with E-state index in [1.54, 1.807) is 12.1 Å². The number of nitrogens with zero attached hydrogens (tertiary/aromatic N) is 1. The first-order chi connectivity index (χ1) is 9.70. The molecule has 116 valence electrons. The highest BCUT2D eigenvalue weighted by molar-refractivity contribution is 5.66. The van der Waals surface area contributed by atoms with Gasteiger partial charge in [-0.2, -0.15) is 0 Å². The van der Waals surface area contributed by atoms with Gasteiger partial charge in [0.1, 0.15) is 5.82 Å². The molecule has 1 aromatic carbocycles. The Hall–Kier alpha value is -1.78. The molecular formula is C16H23FN2O2. The molecule has 1 aliphatic rings. The Bertz CT molecular complexity index is 543. The highest BCUT2D eigenvalue weighted by Gasteiger charge is 2.36. The Morgan fingerprint density at radius 3 is 2.71 bits per heavy atom. The maximum absolute atomic E-state index is 13.5. The maximum atomic E-state index is 13.5. The van der Waals surface area contributed by atoms with Crippen LogP contribution in [-0.2, 0) is 5.41 Å². The largest absolute Gasteiger partial charge is 0.465 e. The Balaban J connectivity index is 2.25. The van der Waals surface area contributed by atoms with Crippen molar-refractivity contribution in [2.75, 3.05) is 18.0 Å². The molecule has 1 unspecified atom stereocenters. The maximum Gasteiger partial charge on any atom is 0.404 e. The van der Waals surface area contributed by atoms with Crippen LogP contribution in [0.1, 0.15) is 33.3 Å². The monoisotopic (exact) mass is 294 g/mol. The summed E-state index contributed by atoms with van der Waals surface area (Å²) in [5.74, 6) is -0.0403. The lowest BCUT2D eigenvalue weighted by Crippen LogP contribution is -2.46. The van der Waals surface area contributed by atoms with Gasteiger partial charge in [-0.25, -0.2) is 9.18 Å². The van der Waals surface area contributed by atoms with Crippen molar-refractivity contribution in [3.8, 4) is 0 Å². The van der Waals surface area contributed by atoms with Crippen LogP contribution in [0.3, 0.4) is 0 Å². The molecule has 0 radical (unpaired) electrons. The van der Waals surface area contributed by atoms with Gasteiger partial charge in [0.05, 0.1) is 6.04 Å². The second-order valence-electron chi connectivity index (χ2n) is 6.73. The average molecular weight is 294 g/mol. The summed E-state index contributed by atoms with van der Waals surface area (Å²) in [4.78, 5) is 13.1. The highest BCUT2D eigenvalue weighted by Crippen LogP contribution is 2.40. The fourth-order valence-corrected chi connectivity index (χ4v) is 2.96. The topological polar surface area (TPSA) is 52.6 Å². The Labute approximate surface area is 125 Å². The Kier molecular flexibility index (Phi) is 4.12. The van der Waals surface area contributed by atoms with E-state index < -0.39 is 6.09 Å². The summed E-state index contributed by atoms with van der Waals surface area (Å²) in [7, 11) is 0. The van der Waals surface area contributed by atoms with E-state index in [9.17, 15) is 9.18 Å². The average Bonchev–Trinajstić information content (AvgIpc) is 2.59. The second kappa shape index (κ2) is 5.54. The highest BCUT2D eigenvalue weighted by atomic mass is 19.1. The minimum Gasteiger partial charge on any atom is -0.465 e. The van der Waals surface area contributed by atoms with Crippen LogP contribution in [0.25, 0.3) is 0 Å². The third-order valence-electron chi connectivity index (χ3n) is 4.15. The number of carboxylic acid groups (broad SMARTS) is 1. The van der Waals surface area contributed by atoms with Crippen LogP contribution < -0.4 is 10.2 Å². The van der Waals surface area contributed by atoms with Crippen LogP contribution in [0.15, 0.2) is 18.2 Å². The number of hydrogen-bond donors (Lipinski definition) is 2. The van der Waals surface area contributed by atoms with E-state index in [1.807, 2.05) is 13.8 Å². The molecule has 0 bridgehead atoms. The van der Waals surface area contributed by atoms with Gasteiger partial charge in [0.2, 0.25) is 0 Å². The number of nitrogens with one attached hydrogen (secondary N) is 1. The Morgan fingerprint density at radius 2 is 2.14 bits per heavy atom. The molecule has 1 aliphatic heterocycles. The first-order valence-corrected chi connectivity index (χ1v) is 7.25. The fraction of sp³-hybridized carbons (Fsp3) is 0.562. The fourth-order valence-electron chi connectivity index (χ4n) is 2.96. The molecule has 5 heteroatoms. The molecule has 2 N–H and O–H groups in total. The molecule has 0 fully saturated rings. The van der Waals surface area contributed by atoms with Crippen LogP contribution in [0, 0.1) is 11.7 Å². The van der Waals surface area contributed by atoms with Gasteiger partial charge >= 0.3 is 6.09 Å².